The summed E-state index contributed by atoms with van der Waals surface area (Å²) in [5.41, 5.74) is -0.896. The summed E-state index contributed by atoms with van der Waals surface area (Å²) in [5.74, 6) is 0. The molecule has 0 aliphatic rings. The van der Waals surface area contributed by atoms with E-state index in [1.807, 2.05) is 0 Å². The molecule has 0 amide bonds. The van der Waals surface area contributed by atoms with E-state index in [0.717, 1.165) is 34.6 Å². The Morgan fingerprint density at radius 3 is 2.17 bits per heavy atom. The van der Waals surface area contributed by atoms with E-state index in [0.29, 0.717) is 0 Å². The highest BCUT2D eigenvalue weighted by molar-refractivity contribution is 7.90. The molecular weight excluding hydrogens is 269 g/mol. The molecule has 0 atom stereocenters. The van der Waals surface area contributed by atoms with Crippen molar-refractivity contribution >= 4 is 10.0 Å². The summed E-state index contributed by atoms with van der Waals surface area (Å²) in [7, 11) is -3.87. The second kappa shape index (κ2) is 4.13. The molecule has 1 aromatic carbocycles. The Labute approximate surface area is 101 Å². The Bertz CT molecular complexity index is 631. The molecule has 0 saturated heterocycles. The van der Waals surface area contributed by atoms with Crippen LogP contribution < -0.4 is 0 Å². The minimum atomic E-state index is -4.49. The number of hydrogen-bond donors (Lipinski definition) is 0. The summed E-state index contributed by atoms with van der Waals surface area (Å²) < 4.78 is 61.6. The van der Waals surface area contributed by atoms with Gasteiger partial charge < -0.3 is 0 Å². The fourth-order valence-electron chi connectivity index (χ4n) is 1.33. The first-order valence-corrected chi connectivity index (χ1v) is 6.16. The van der Waals surface area contributed by atoms with Crippen molar-refractivity contribution in [3.05, 3.63) is 48.5 Å². The molecule has 0 radical (unpaired) electrons. The lowest BCUT2D eigenvalue weighted by Crippen LogP contribution is -2.12. The van der Waals surface area contributed by atoms with Gasteiger partial charge in [0.05, 0.1) is 10.5 Å². The number of imidazole rings is 1. The molecule has 1 heterocycles. The van der Waals surface area contributed by atoms with Crippen molar-refractivity contribution in [1.29, 1.82) is 0 Å². The average Bonchev–Trinajstić information content (AvgIpc) is 2.82. The number of benzene rings is 1. The Morgan fingerprint density at radius 2 is 1.72 bits per heavy atom. The third-order valence-electron chi connectivity index (χ3n) is 2.24. The molecule has 0 N–H and O–H groups in total. The molecule has 8 heteroatoms. The summed E-state index contributed by atoms with van der Waals surface area (Å²) in [6, 6.07) is 3.28. The lowest BCUT2D eigenvalue weighted by molar-refractivity contribution is -0.137. The maximum absolute atomic E-state index is 12.3. The van der Waals surface area contributed by atoms with Crippen LogP contribution in [0.15, 0.2) is 47.9 Å². The van der Waals surface area contributed by atoms with Crippen molar-refractivity contribution < 1.29 is 21.6 Å². The van der Waals surface area contributed by atoms with E-state index in [-0.39, 0.29) is 4.90 Å². The van der Waals surface area contributed by atoms with E-state index in [2.05, 4.69) is 4.98 Å². The predicted molar refractivity (Wildman–Crippen MR) is 56.3 cm³/mol. The number of nitrogens with zero attached hydrogens (tertiary/aromatic N) is 2. The van der Waals surface area contributed by atoms with Crippen LogP contribution in [-0.4, -0.2) is 17.4 Å². The fourth-order valence-corrected chi connectivity index (χ4v) is 2.44. The molecule has 0 fully saturated rings. The molecule has 0 saturated carbocycles. The largest absolute Gasteiger partial charge is 0.416 e. The van der Waals surface area contributed by atoms with Crippen molar-refractivity contribution in [1.82, 2.24) is 8.96 Å². The molecule has 2 aromatic rings. The lowest BCUT2D eigenvalue weighted by Gasteiger charge is -2.08. The Morgan fingerprint density at radius 1 is 1.11 bits per heavy atom. The Hall–Kier alpha value is -1.83. The Balaban J connectivity index is 2.42. The minimum absolute atomic E-state index is 0.228. The SMILES string of the molecule is O=S(=O)(c1ccc(C(F)(F)F)cc1)n1ccnc1. The highest BCUT2D eigenvalue weighted by Gasteiger charge is 2.30. The quantitative estimate of drug-likeness (QED) is 0.844. The molecule has 0 aliphatic carbocycles. The monoisotopic (exact) mass is 276 g/mol. The minimum Gasteiger partial charge on any atom is -0.244 e. The van der Waals surface area contributed by atoms with Gasteiger partial charge in [-0.15, -0.1) is 0 Å². The number of rotatable bonds is 2. The van der Waals surface area contributed by atoms with Gasteiger partial charge >= 0.3 is 6.18 Å². The van der Waals surface area contributed by atoms with Crippen molar-refractivity contribution in [2.75, 3.05) is 0 Å². The van der Waals surface area contributed by atoms with Crippen molar-refractivity contribution in [2.24, 2.45) is 0 Å². The zero-order valence-electron chi connectivity index (χ0n) is 8.79. The van der Waals surface area contributed by atoms with Gasteiger partial charge in [-0.05, 0) is 24.3 Å². The van der Waals surface area contributed by atoms with E-state index in [4.69, 9.17) is 0 Å². The molecule has 1 aromatic heterocycles. The summed E-state index contributed by atoms with van der Waals surface area (Å²) in [6.45, 7) is 0. The molecular formula is C10H7F3N2O2S. The number of halogens is 3. The molecule has 18 heavy (non-hydrogen) atoms. The number of alkyl halides is 3. The third kappa shape index (κ3) is 2.23. The summed E-state index contributed by atoms with van der Waals surface area (Å²) in [5, 5.41) is 0. The first-order valence-electron chi connectivity index (χ1n) is 4.72. The maximum Gasteiger partial charge on any atom is 0.416 e. The summed E-state index contributed by atoms with van der Waals surface area (Å²) in [4.78, 5) is 3.35. The Kier molecular flexibility index (Phi) is 2.89. The van der Waals surface area contributed by atoms with Crippen LogP contribution in [0.3, 0.4) is 0 Å². The third-order valence-corrected chi connectivity index (χ3v) is 3.88. The molecule has 0 unspecified atom stereocenters. The smallest absolute Gasteiger partial charge is 0.244 e. The molecule has 0 bridgehead atoms. The first-order chi connectivity index (χ1) is 8.32. The maximum atomic E-state index is 12.3. The van der Waals surface area contributed by atoms with E-state index in [1.165, 1.54) is 12.4 Å². The van der Waals surface area contributed by atoms with Gasteiger partial charge in [0.15, 0.2) is 0 Å². The number of aromatic nitrogens is 2. The fraction of sp³-hybridized carbons (Fsp3) is 0.100. The normalized spacial score (nSPS) is 12.6. The van der Waals surface area contributed by atoms with Gasteiger partial charge in [-0.3, -0.25) is 0 Å². The highest BCUT2D eigenvalue weighted by atomic mass is 32.2. The highest BCUT2D eigenvalue weighted by Crippen LogP contribution is 2.29. The van der Waals surface area contributed by atoms with E-state index in [9.17, 15) is 21.6 Å². The van der Waals surface area contributed by atoms with Gasteiger partial charge in [0.2, 0.25) is 0 Å². The molecule has 96 valence electrons. The van der Waals surface area contributed by atoms with Crippen LogP contribution in [0.1, 0.15) is 5.56 Å². The van der Waals surface area contributed by atoms with Crippen molar-refractivity contribution in [3.8, 4) is 0 Å². The van der Waals surface area contributed by atoms with Gasteiger partial charge in [-0.25, -0.2) is 17.4 Å². The summed E-state index contributed by atoms with van der Waals surface area (Å²) in [6.07, 6.45) is -0.959. The van der Waals surface area contributed by atoms with Crippen LogP contribution in [0.25, 0.3) is 0 Å². The van der Waals surface area contributed by atoms with Gasteiger partial charge in [0.25, 0.3) is 10.0 Å². The van der Waals surface area contributed by atoms with E-state index < -0.39 is 21.8 Å². The second-order valence-electron chi connectivity index (χ2n) is 3.42. The summed E-state index contributed by atoms with van der Waals surface area (Å²) >= 11 is 0. The first kappa shape index (κ1) is 12.6. The zero-order valence-corrected chi connectivity index (χ0v) is 9.61. The van der Waals surface area contributed by atoms with Crippen LogP contribution in [-0.2, 0) is 16.2 Å². The van der Waals surface area contributed by atoms with Crippen LogP contribution in [0.2, 0.25) is 0 Å². The second-order valence-corrected chi connectivity index (χ2v) is 5.26. The average molecular weight is 276 g/mol. The van der Waals surface area contributed by atoms with Crippen LogP contribution in [0, 0.1) is 0 Å². The zero-order chi connectivity index (χ0) is 13.4. The van der Waals surface area contributed by atoms with Gasteiger partial charge in [0, 0.05) is 12.4 Å². The van der Waals surface area contributed by atoms with Crippen molar-refractivity contribution in [2.45, 2.75) is 11.1 Å². The lowest BCUT2D eigenvalue weighted by atomic mass is 10.2. The number of hydrogen-bond acceptors (Lipinski definition) is 3. The molecule has 2 rings (SSSR count). The van der Waals surface area contributed by atoms with Crippen LogP contribution >= 0.6 is 0 Å². The van der Waals surface area contributed by atoms with E-state index in [1.54, 1.807) is 0 Å². The predicted octanol–water partition coefficient (Wildman–Crippen LogP) is 2.14. The van der Waals surface area contributed by atoms with Gasteiger partial charge in [0.1, 0.15) is 6.33 Å². The van der Waals surface area contributed by atoms with Gasteiger partial charge in [-0.2, -0.15) is 13.2 Å². The molecule has 4 nitrogen and oxygen atoms in total. The topological polar surface area (TPSA) is 52.0 Å². The molecule has 0 spiro atoms. The standard InChI is InChI=1S/C10H7F3N2O2S/c11-10(12,13)8-1-3-9(4-2-8)18(16,17)15-6-5-14-7-15/h1-7H. The van der Waals surface area contributed by atoms with Gasteiger partial charge in [-0.1, -0.05) is 0 Å². The van der Waals surface area contributed by atoms with Crippen LogP contribution in [0.4, 0.5) is 13.2 Å². The van der Waals surface area contributed by atoms with Crippen molar-refractivity contribution in [3.63, 3.8) is 0 Å². The van der Waals surface area contributed by atoms with Crippen LogP contribution in [0.5, 0.6) is 0 Å². The van der Waals surface area contributed by atoms with E-state index >= 15 is 0 Å². The molecule has 0 aliphatic heterocycles.